The second kappa shape index (κ2) is 9.78. The van der Waals surface area contributed by atoms with E-state index in [1.165, 1.54) is 11.1 Å². The monoisotopic (exact) mass is 354 g/mol. The first-order chi connectivity index (χ1) is 10.8. The molecule has 1 aromatic carbocycles. The van der Waals surface area contributed by atoms with Gasteiger partial charge in [0, 0.05) is 5.69 Å². The fraction of sp³-hybridized carbons (Fsp3) is 0.529. The summed E-state index contributed by atoms with van der Waals surface area (Å²) >= 11 is 7.02. The molecule has 0 aliphatic heterocycles. The number of aryl methyl sites for hydroxylation is 2. The fourth-order valence-corrected chi connectivity index (χ4v) is 2.68. The van der Waals surface area contributed by atoms with Gasteiger partial charge in [-0.25, -0.2) is 4.79 Å². The third-order valence-electron chi connectivity index (χ3n) is 3.32. The van der Waals surface area contributed by atoms with E-state index >= 15 is 0 Å². The Morgan fingerprint density at radius 2 is 2.00 bits per heavy atom. The molecule has 0 amide bonds. The van der Waals surface area contributed by atoms with E-state index in [4.69, 9.17) is 17.0 Å². The van der Waals surface area contributed by atoms with E-state index in [-0.39, 0.29) is 12.1 Å². The van der Waals surface area contributed by atoms with Crippen molar-refractivity contribution in [3.05, 3.63) is 29.3 Å². The molecule has 0 spiro atoms. The number of carbonyl (C=O) groups excluding carboxylic acids is 1. The van der Waals surface area contributed by atoms with Crippen molar-refractivity contribution in [3.8, 4) is 0 Å². The Morgan fingerprint density at radius 1 is 1.30 bits per heavy atom. The molecule has 0 bridgehead atoms. The molecule has 1 unspecified atom stereocenters. The number of thioether (sulfide) groups is 1. The van der Waals surface area contributed by atoms with E-state index in [0.717, 1.165) is 11.4 Å². The van der Waals surface area contributed by atoms with E-state index in [1.54, 1.807) is 11.8 Å². The number of benzene rings is 1. The zero-order valence-corrected chi connectivity index (χ0v) is 16.1. The van der Waals surface area contributed by atoms with Crippen LogP contribution < -0.4 is 10.6 Å². The lowest BCUT2D eigenvalue weighted by molar-refractivity contribution is -0.149. The normalized spacial score (nSPS) is 11.9. The lowest BCUT2D eigenvalue weighted by Gasteiger charge is -2.21. The van der Waals surface area contributed by atoms with Gasteiger partial charge in [-0.05, 0) is 81.6 Å². The Hall–Kier alpha value is -1.27. The molecule has 0 heterocycles. The van der Waals surface area contributed by atoms with Crippen LogP contribution in [0.2, 0.25) is 0 Å². The van der Waals surface area contributed by atoms with Crippen LogP contribution >= 0.6 is 24.0 Å². The number of nitrogens with one attached hydrogen (secondary N) is 2. The van der Waals surface area contributed by atoms with E-state index < -0.39 is 6.04 Å². The molecule has 0 saturated heterocycles. The molecule has 128 valence electrons. The van der Waals surface area contributed by atoms with Gasteiger partial charge >= 0.3 is 5.97 Å². The summed E-state index contributed by atoms with van der Waals surface area (Å²) in [6.45, 7) is 7.80. The van der Waals surface area contributed by atoms with Gasteiger partial charge in [-0.3, -0.25) is 0 Å². The minimum atomic E-state index is -0.434. The predicted molar refractivity (Wildman–Crippen MR) is 103 cm³/mol. The molecule has 23 heavy (non-hydrogen) atoms. The SMILES string of the molecule is CSCCC(NC(=S)Nc1ccc(C)c(C)c1)C(=O)OC(C)C. The van der Waals surface area contributed by atoms with Gasteiger partial charge < -0.3 is 15.4 Å². The number of hydrogen-bond acceptors (Lipinski definition) is 4. The topological polar surface area (TPSA) is 50.4 Å². The molecular weight excluding hydrogens is 328 g/mol. The molecule has 0 saturated carbocycles. The highest BCUT2D eigenvalue weighted by Crippen LogP contribution is 2.14. The highest BCUT2D eigenvalue weighted by atomic mass is 32.2. The minimum absolute atomic E-state index is 0.137. The maximum Gasteiger partial charge on any atom is 0.328 e. The molecule has 0 aromatic heterocycles. The van der Waals surface area contributed by atoms with Gasteiger partial charge in [0.25, 0.3) is 0 Å². The zero-order valence-electron chi connectivity index (χ0n) is 14.4. The molecular formula is C17H26N2O2S2. The smallest absolute Gasteiger partial charge is 0.328 e. The van der Waals surface area contributed by atoms with Crippen LogP contribution in [0, 0.1) is 13.8 Å². The predicted octanol–water partition coefficient (Wildman–Crippen LogP) is 3.66. The summed E-state index contributed by atoms with van der Waals surface area (Å²) in [6, 6.07) is 5.61. The molecule has 1 rings (SSSR count). The average molecular weight is 355 g/mol. The van der Waals surface area contributed by atoms with Gasteiger partial charge in [-0.1, -0.05) is 6.07 Å². The molecule has 0 radical (unpaired) electrons. The maximum absolute atomic E-state index is 12.2. The van der Waals surface area contributed by atoms with E-state index in [0.29, 0.717) is 11.5 Å². The average Bonchev–Trinajstić information content (AvgIpc) is 2.46. The van der Waals surface area contributed by atoms with Gasteiger partial charge in [0.15, 0.2) is 5.11 Å². The molecule has 0 aliphatic carbocycles. The first-order valence-corrected chi connectivity index (χ1v) is 9.48. The van der Waals surface area contributed by atoms with Crippen LogP contribution in [0.15, 0.2) is 18.2 Å². The Labute approximate surface area is 148 Å². The molecule has 0 aliphatic rings. The van der Waals surface area contributed by atoms with Gasteiger partial charge in [0.1, 0.15) is 6.04 Å². The first kappa shape index (κ1) is 19.8. The zero-order chi connectivity index (χ0) is 17.4. The standard InChI is InChI=1S/C17H26N2O2S2/c1-11(2)21-16(20)15(8-9-23-5)19-17(22)18-14-7-6-12(3)13(4)10-14/h6-7,10-11,15H,8-9H2,1-5H3,(H2,18,19,22). The van der Waals surface area contributed by atoms with Crippen LogP contribution in [0.5, 0.6) is 0 Å². The molecule has 1 atom stereocenters. The lowest BCUT2D eigenvalue weighted by atomic mass is 10.1. The van der Waals surface area contributed by atoms with E-state index in [2.05, 4.69) is 24.5 Å². The van der Waals surface area contributed by atoms with Crippen molar-refractivity contribution in [2.24, 2.45) is 0 Å². The quantitative estimate of drug-likeness (QED) is 0.576. The van der Waals surface area contributed by atoms with Crippen LogP contribution in [0.3, 0.4) is 0 Å². The summed E-state index contributed by atoms with van der Waals surface area (Å²) in [5.41, 5.74) is 3.33. The maximum atomic E-state index is 12.2. The summed E-state index contributed by atoms with van der Waals surface area (Å²) in [5, 5.41) is 6.63. The van der Waals surface area contributed by atoms with Crippen LogP contribution in [0.25, 0.3) is 0 Å². The lowest BCUT2D eigenvalue weighted by Crippen LogP contribution is -2.44. The van der Waals surface area contributed by atoms with Crippen molar-refractivity contribution < 1.29 is 9.53 Å². The number of ether oxygens (including phenoxy) is 1. The number of esters is 1. The largest absolute Gasteiger partial charge is 0.461 e. The first-order valence-electron chi connectivity index (χ1n) is 7.67. The van der Waals surface area contributed by atoms with Crippen molar-refractivity contribution in [1.29, 1.82) is 0 Å². The number of thiocarbonyl (C=S) groups is 1. The molecule has 2 N–H and O–H groups in total. The highest BCUT2D eigenvalue weighted by Gasteiger charge is 2.21. The second-order valence-electron chi connectivity index (χ2n) is 5.72. The third kappa shape index (κ3) is 7.22. The molecule has 6 heteroatoms. The van der Waals surface area contributed by atoms with E-state index in [9.17, 15) is 4.79 Å². The molecule has 1 aromatic rings. The van der Waals surface area contributed by atoms with Gasteiger partial charge in [0.05, 0.1) is 6.10 Å². The Bertz CT molecular complexity index is 547. The van der Waals surface area contributed by atoms with Crippen molar-refractivity contribution >= 4 is 40.7 Å². The Balaban J connectivity index is 2.67. The summed E-state index contributed by atoms with van der Waals surface area (Å²) < 4.78 is 5.30. The summed E-state index contributed by atoms with van der Waals surface area (Å²) in [6.07, 6.45) is 2.54. The van der Waals surface area contributed by atoms with Gasteiger partial charge in [0.2, 0.25) is 0 Å². The van der Waals surface area contributed by atoms with Crippen molar-refractivity contribution in [2.75, 3.05) is 17.3 Å². The molecule has 0 fully saturated rings. The van der Waals surface area contributed by atoms with Crippen LogP contribution in [0.4, 0.5) is 5.69 Å². The van der Waals surface area contributed by atoms with Gasteiger partial charge in [-0.2, -0.15) is 11.8 Å². The summed E-state index contributed by atoms with van der Waals surface area (Å²) in [5.74, 6) is 0.593. The number of anilines is 1. The van der Waals surface area contributed by atoms with Crippen molar-refractivity contribution in [1.82, 2.24) is 5.32 Å². The van der Waals surface area contributed by atoms with Gasteiger partial charge in [-0.15, -0.1) is 0 Å². The Kier molecular flexibility index (Phi) is 8.41. The van der Waals surface area contributed by atoms with Crippen molar-refractivity contribution in [2.45, 2.75) is 46.3 Å². The van der Waals surface area contributed by atoms with Crippen LogP contribution in [-0.4, -0.2) is 35.2 Å². The third-order valence-corrected chi connectivity index (χ3v) is 4.18. The fourth-order valence-electron chi connectivity index (χ4n) is 1.94. The number of hydrogen-bond donors (Lipinski definition) is 2. The highest BCUT2D eigenvalue weighted by molar-refractivity contribution is 7.98. The summed E-state index contributed by atoms with van der Waals surface area (Å²) in [7, 11) is 0. The van der Waals surface area contributed by atoms with Crippen molar-refractivity contribution in [3.63, 3.8) is 0 Å². The summed E-state index contributed by atoms with van der Waals surface area (Å²) in [4.78, 5) is 12.2. The van der Waals surface area contributed by atoms with Crippen LogP contribution in [-0.2, 0) is 9.53 Å². The second-order valence-corrected chi connectivity index (χ2v) is 7.11. The minimum Gasteiger partial charge on any atom is -0.461 e. The number of rotatable bonds is 7. The van der Waals surface area contributed by atoms with E-state index in [1.807, 2.05) is 38.3 Å². The molecule has 4 nitrogen and oxygen atoms in total. The van der Waals surface area contributed by atoms with Crippen LogP contribution in [0.1, 0.15) is 31.4 Å². The Morgan fingerprint density at radius 3 is 2.57 bits per heavy atom. The number of carbonyl (C=O) groups is 1.